The van der Waals surface area contributed by atoms with Crippen LogP contribution in [-0.2, 0) is 6.42 Å². The summed E-state index contributed by atoms with van der Waals surface area (Å²) in [5.74, 6) is -0.578. The van der Waals surface area contributed by atoms with Crippen LogP contribution < -0.4 is 10.9 Å². The molecule has 6 heteroatoms. The van der Waals surface area contributed by atoms with Crippen LogP contribution in [0.2, 0.25) is 0 Å². The maximum Gasteiger partial charge on any atom is 0.268 e. The van der Waals surface area contributed by atoms with Gasteiger partial charge in [-0.05, 0) is 66.0 Å². The number of amides is 1. The average Bonchev–Trinajstić information content (AvgIpc) is 2.70. The molecule has 1 N–H and O–H groups in total. The van der Waals surface area contributed by atoms with Crippen LogP contribution in [0.4, 0.5) is 5.69 Å². The summed E-state index contributed by atoms with van der Waals surface area (Å²) in [6, 6.07) is 16.1. The van der Waals surface area contributed by atoms with Crippen molar-refractivity contribution in [1.29, 1.82) is 0 Å². The Morgan fingerprint density at radius 2 is 1.76 bits per heavy atom. The van der Waals surface area contributed by atoms with Gasteiger partial charge in [0, 0.05) is 27.8 Å². The third kappa shape index (κ3) is 3.68. The number of ketones is 1. The van der Waals surface area contributed by atoms with Gasteiger partial charge in [0.15, 0.2) is 5.78 Å². The number of pyridine rings is 1. The second-order valence-electron chi connectivity index (χ2n) is 7.11. The van der Waals surface area contributed by atoms with Crippen molar-refractivity contribution in [3.8, 4) is 5.69 Å². The Bertz CT molecular complexity index is 1180. The zero-order chi connectivity index (χ0) is 20.5. The van der Waals surface area contributed by atoms with E-state index in [-0.39, 0.29) is 11.3 Å². The number of nitrogens with one attached hydrogen (secondary N) is 1. The number of para-hydroxylation sites is 1. The average molecular weight is 451 g/mol. The zero-order valence-corrected chi connectivity index (χ0v) is 17.5. The second-order valence-corrected chi connectivity index (χ2v) is 7.96. The lowest BCUT2D eigenvalue weighted by Crippen LogP contribution is -2.33. The number of anilines is 1. The largest absolute Gasteiger partial charge is 0.321 e. The molecule has 0 bridgehead atoms. The van der Waals surface area contributed by atoms with E-state index in [2.05, 4.69) is 21.2 Å². The van der Waals surface area contributed by atoms with Crippen LogP contribution >= 0.6 is 15.9 Å². The number of carbonyl (C=O) groups excluding carboxylic acids is 2. The van der Waals surface area contributed by atoms with Gasteiger partial charge in [-0.2, -0.15) is 0 Å². The van der Waals surface area contributed by atoms with Crippen LogP contribution in [0.15, 0.2) is 63.9 Å². The highest BCUT2D eigenvalue weighted by Gasteiger charge is 2.26. The van der Waals surface area contributed by atoms with Crippen LogP contribution in [0.3, 0.4) is 0 Å². The van der Waals surface area contributed by atoms with Crippen molar-refractivity contribution in [2.24, 2.45) is 0 Å². The van der Waals surface area contributed by atoms with Crippen molar-refractivity contribution in [3.63, 3.8) is 0 Å². The predicted molar refractivity (Wildman–Crippen MR) is 116 cm³/mol. The Balaban J connectivity index is 1.88. The summed E-state index contributed by atoms with van der Waals surface area (Å²) < 4.78 is 2.22. The van der Waals surface area contributed by atoms with Crippen LogP contribution in [0.1, 0.15) is 44.8 Å². The maximum absolute atomic E-state index is 13.3. The molecule has 29 heavy (non-hydrogen) atoms. The first kappa shape index (κ1) is 19.3. The van der Waals surface area contributed by atoms with Crippen molar-refractivity contribution < 1.29 is 9.59 Å². The standard InChI is InChI=1S/C23H19BrN2O3/c1-14-9-11-15(12-10-14)26-20-7-4-8-21(27)16(20)13-17(23(26)29)22(28)25-19-6-3-2-5-18(19)24/h2-3,5-6,9-13H,4,7-8H2,1H3,(H,25,28). The van der Waals surface area contributed by atoms with Crippen LogP contribution in [0, 0.1) is 6.92 Å². The fourth-order valence-electron chi connectivity index (χ4n) is 3.57. The quantitative estimate of drug-likeness (QED) is 0.629. The summed E-state index contributed by atoms with van der Waals surface area (Å²) in [4.78, 5) is 38.9. The molecule has 0 fully saturated rings. The SMILES string of the molecule is Cc1ccc(-n2c3c(cc(C(=O)Nc4ccccc4Br)c2=O)C(=O)CCC3)cc1. The summed E-state index contributed by atoms with van der Waals surface area (Å²) in [6.07, 6.45) is 1.74. The van der Waals surface area contributed by atoms with E-state index in [1.807, 2.05) is 37.3 Å². The topological polar surface area (TPSA) is 68.2 Å². The summed E-state index contributed by atoms with van der Waals surface area (Å²) in [6.45, 7) is 1.97. The highest BCUT2D eigenvalue weighted by molar-refractivity contribution is 9.10. The molecular formula is C23H19BrN2O3. The minimum atomic E-state index is -0.538. The Morgan fingerprint density at radius 3 is 2.48 bits per heavy atom. The van der Waals surface area contributed by atoms with E-state index in [0.29, 0.717) is 46.4 Å². The van der Waals surface area contributed by atoms with Gasteiger partial charge in [0.2, 0.25) is 0 Å². The number of nitrogens with zero attached hydrogens (tertiary/aromatic N) is 1. The van der Waals surface area contributed by atoms with E-state index in [4.69, 9.17) is 0 Å². The fourth-order valence-corrected chi connectivity index (χ4v) is 3.96. The number of aromatic nitrogens is 1. The molecule has 1 amide bonds. The molecule has 3 aromatic rings. The molecule has 1 aromatic heterocycles. The summed E-state index contributed by atoms with van der Waals surface area (Å²) >= 11 is 3.39. The Kier molecular flexibility index (Phi) is 5.20. The molecule has 0 saturated heterocycles. The summed E-state index contributed by atoms with van der Waals surface area (Å²) in [7, 11) is 0. The van der Waals surface area contributed by atoms with Crippen molar-refractivity contribution in [3.05, 3.63) is 91.8 Å². The number of benzene rings is 2. The molecule has 0 atom stereocenters. The van der Waals surface area contributed by atoms with Crippen molar-refractivity contribution in [2.75, 3.05) is 5.32 Å². The first-order valence-corrected chi connectivity index (χ1v) is 10.2. The van der Waals surface area contributed by atoms with Crippen LogP contribution in [0.25, 0.3) is 5.69 Å². The van der Waals surface area contributed by atoms with Gasteiger partial charge in [0.05, 0.1) is 5.69 Å². The molecule has 5 nitrogen and oxygen atoms in total. The van der Waals surface area contributed by atoms with Gasteiger partial charge >= 0.3 is 0 Å². The molecule has 0 radical (unpaired) electrons. The fraction of sp³-hybridized carbons (Fsp3) is 0.174. The molecule has 0 unspecified atom stereocenters. The number of hydrogen-bond acceptors (Lipinski definition) is 3. The smallest absolute Gasteiger partial charge is 0.268 e. The number of halogens is 1. The van der Waals surface area contributed by atoms with Gasteiger partial charge < -0.3 is 5.32 Å². The Labute approximate surface area is 176 Å². The second kappa shape index (κ2) is 7.79. The third-order valence-corrected chi connectivity index (χ3v) is 5.77. The van der Waals surface area contributed by atoms with E-state index in [1.165, 1.54) is 10.6 Å². The zero-order valence-electron chi connectivity index (χ0n) is 15.9. The summed E-state index contributed by atoms with van der Waals surface area (Å²) in [5, 5.41) is 2.77. The lowest BCUT2D eigenvalue weighted by Gasteiger charge is -2.22. The number of fused-ring (bicyclic) bond motifs is 1. The predicted octanol–water partition coefficient (Wildman–Crippen LogP) is 4.68. The third-order valence-electron chi connectivity index (χ3n) is 5.08. The lowest BCUT2D eigenvalue weighted by molar-refractivity contribution is 0.0971. The molecule has 1 aliphatic carbocycles. The van der Waals surface area contributed by atoms with Crippen molar-refractivity contribution in [1.82, 2.24) is 4.57 Å². The Morgan fingerprint density at radius 1 is 1.03 bits per heavy atom. The normalized spacial score (nSPS) is 13.1. The van der Waals surface area contributed by atoms with Crippen molar-refractivity contribution in [2.45, 2.75) is 26.2 Å². The lowest BCUT2D eigenvalue weighted by atomic mass is 9.92. The van der Waals surface area contributed by atoms with E-state index in [1.54, 1.807) is 18.2 Å². The number of Topliss-reactive ketones (excluding diaryl/α,β-unsaturated/α-hetero) is 1. The number of aryl methyl sites for hydroxylation is 1. The Hall–Kier alpha value is -2.99. The molecule has 0 aliphatic heterocycles. The van der Waals surface area contributed by atoms with E-state index in [9.17, 15) is 14.4 Å². The number of hydrogen-bond donors (Lipinski definition) is 1. The minimum Gasteiger partial charge on any atom is -0.321 e. The number of rotatable bonds is 3. The van der Waals surface area contributed by atoms with Crippen LogP contribution in [0.5, 0.6) is 0 Å². The minimum absolute atomic E-state index is 0.0398. The van der Waals surface area contributed by atoms with Gasteiger partial charge in [-0.25, -0.2) is 0 Å². The molecule has 1 aliphatic rings. The maximum atomic E-state index is 13.3. The van der Waals surface area contributed by atoms with E-state index in [0.717, 1.165) is 5.56 Å². The summed E-state index contributed by atoms with van der Waals surface area (Å²) in [5.41, 5.74) is 2.93. The molecule has 2 aromatic carbocycles. The van der Waals surface area contributed by atoms with Gasteiger partial charge in [0.25, 0.3) is 11.5 Å². The monoisotopic (exact) mass is 450 g/mol. The molecule has 146 valence electrons. The van der Waals surface area contributed by atoms with Gasteiger partial charge in [-0.1, -0.05) is 29.8 Å². The van der Waals surface area contributed by atoms with Crippen LogP contribution in [-0.4, -0.2) is 16.3 Å². The highest BCUT2D eigenvalue weighted by Crippen LogP contribution is 2.25. The van der Waals surface area contributed by atoms with Gasteiger partial charge in [0.1, 0.15) is 5.56 Å². The number of carbonyl (C=O) groups is 2. The van der Waals surface area contributed by atoms with E-state index < -0.39 is 11.5 Å². The molecule has 0 spiro atoms. The first-order chi connectivity index (χ1) is 14.0. The van der Waals surface area contributed by atoms with Gasteiger partial charge in [-0.3, -0.25) is 19.0 Å². The first-order valence-electron chi connectivity index (χ1n) is 9.41. The molecular weight excluding hydrogens is 432 g/mol. The molecule has 0 saturated carbocycles. The van der Waals surface area contributed by atoms with E-state index >= 15 is 0 Å². The van der Waals surface area contributed by atoms with Gasteiger partial charge in [-0.15, -0.1) is 0 Å². The van der Waals surface area contributed by atoms with Crippen molar-refractivity contribution >= 4 is 33.3 Å². The highest BCUT2D eigenvalue weighted by atomic mass is 79.9. The molecule has 4 rings (SSSR count). The molecule has 1 heterocycles.